The minimum absolute atomic E-state index is 0.707. The van der Waals surface area contributed by atoms with Gasteiger partial charge in [-0.1, -0.05) is 0 Å². The van der Waals surface area contributed by atoms with E-state index in [9.17, 15) is 0 Å². The van der Waals surface area contributed by atoms with Gasteiger partial charge in [0.15, 0.2) is 0 Å². The Morgan fingerprint density at radius 3 is 3.12 bits per heavy atom. The van der Waals surface area contributed by atoms with E-state index in [2.05, 4.69) is 28.6 Å². The molecule has 2 heterocycles. The highest BCUT2D eigenvalue weighted by molar-refractivity contribution is 5.03. The van der Waals surface area contributed by atoms with Crippen molar-refractivity contribution in [3.63, 3.8) is 0 Å². The predicted octanol–water partition coefficient (Wildman–Crippen LogP) is 0.646. The second-order valence-corrected chi connectivity index (χ2v) is 4.83. The monoisotopic (exact) mass is 222 g/mol. The summed E-state index contributed by atoms with van der Waals surface area (Å²) in [6.07, 6.45) is 7.82. The summed E-state index contributed by atoms with van der Waals surface area (Å²) in [7, 11) is 4.17. The fourth-order valence-corrected chi connectivity index (χ4v) is 2.30. The van der Waals surface area contributed by atoms with Crippen molar-refractivity contribution < 1.29 is 0 Å². The Labute approximate surface area is 97.6 Å². The molecule has 1 unspecified atom stereocenters. The number of hydrogen-bond donors (Lipinski definition) is 1. The summed E-state index contributed by atoms with van der Waals surface area (Å²) in [4.78, 5) is 2.41. The molecule has 1 fully saturated rings. The van der Waals surface area contributed by atoms with Gasteiger partial charge in [-0.25, -0.2) is 0 Å². The first-order chi connectivity index (χ1) is 7.74. The van der Waals surface area contributed by atoms with Crippen molar-refractivity contribution in [2.75, 3.05) is 26.7 Å². The van der Waals surface area contributed by atoms with Gasteiger partial charge in [0, 0.05) is 32.4 Å². The molecule has 90 valence electrons. The van der Waals surface area contributed by atoms with E-state index < -0.39 is 0 Å². The summed E-state index contributed by atoms with van der Waals surface area (Å²) in [5, 5.41) is 7.72. The first-order valence-electron chi connectivity index (χ1n) is 6.13. The third kappa shape index (κ3) is 3.32. The van der Waals surface area contributed by atoms with Crippen LogP contribution >= 0.6 is 0 Å². The molecule has 4 nitrogen and oxygen atoms in total. The summed E-state index contributed by atoms with van der Waals surface area (Å²) in [6.45, 7) is 3.48. The van der Waals surface area contributed by atoms with E-state index in [1.165, 1.54) is 31.5 Å². The molecule has 0 radical (unpaired) electrons. The molecule has 1 aliphatic heterocycles. The van der Waals surface area contributed by atoms with Crippen LogP contribution in [-0.2, 0) is 13.5 Å². The lowest BCUT2D eigenvalue weighted by atomic mass is 10.2. The molecule has 16 heavy (non-hydrogen) atoms. The summed E-state index contributed by atoms with van der Waals surface area (Å²) < 4.78 is 1.87. The molecule has 1 N–H and O–H groups in total. The standard InChI is InChI=1S/C12H22N4/c1-15(10-12-4-3-6-13-12)7-5-11-8-14-16(2)9-11/h8-9,12-13H,3-7,10H2,1-2H3. The van der Waals surface area contributed by atoms with E-state index in [1.54, 1.807) is 0 Å². The Morgan fingerprint density at radius 2 is 2.50 bits per heavy atom. The first kappa shape index (κ1) is 11.6. The lowest BCUT2D eigenvalue weighted by Gasteiger charge is -2.20. The Morgan fingerprint density at radius 1 is 1.62 bits per heavy atom. The molecule has 1 saturated heterocycles. The predicted molar refractivity (Wildman–Crippen MR) is 65.4 cm³/mol. The molecule has 1 aromatic heterocycles. The first-order valence-corrected chi connectivity index (χ1v) is 6.13. The van der Waals surface area contributed by atoms with Crippen LogP contribution in [0.15, 0.2) is 12.4 Å². The van der Waals surface area contributed by atoms with Crippen molar-refractivity contribution in [2.24, 2.45) is 7.05 Å². The lowest BCUT2D eigenvalue weighted by Crippen LogP contribution is -2.36. The Kier molecular flexibility index (Phi) is 3.96. The average molecular weight is 222 g/mol. The van der Waals surface area contributed by atoms with Gasteiger partial charge in [-0.05, 0) is 38.4 Å². The molecule has 1 atom stereocenters. The normalized spacial score (nSPS) is 20.8. The molecule has 0 saturated carbocycles. The molecule has 0 aromatic carbocycles. The van der Waals surface area contributed by atoms with Crippen LogP contribution in [-0.4, -0.2) is 47.4 Å². The lowest BCUT2D eigenvalue weighted by molar-refractivity contribution is 0.303. The number of nitrogens with zero attached hydrogens (tertiary/aromatic N) is 3. The fraction of sp³-hybridized carbons (Fsp3) is 0.750. The highest BCUT2D eigenvalue weighted by atomic mass is 15.2. The molecule has 2 rings (SSSR count). The van der Waals surface area contributed by atoms with E-state index in [-0.39, 0.29) is 0 Å². The van der Waals surface area contributed by atoms with Gasteiger partial charge >= 0.3 is 0 Å². The van der Waals surface area contributed by atoms with Gasteiger partial charge in [0.05, 0.1) is 6.20 Å². The third-order valence-electron chi connectivity index (χ3n) is 3.23. The van der Waals surface area contributed by atoms with Crippen LogP contribution in [0.5, 0.6) is 0 Å². The molecule has 1 aliphatic rings. The van der Waals surface area contributed by atoms with Crippen LogP contribution in [0.2, 0.25) is 0 Å². The van der Waals surface area contributed by atoms with Gasteiger partial charge in [-0.15, -0.1) is 0 Å². The zero-order chi connectivity index (χ0) is 11.4. The molecule has 4 heteroatoms. The average Bonchev–Trinajstić information content (AvgIpc) is 2.87. The van der Waals surface area contributed by atoms with Gasteiger partial charge in [-0.2, -0.15) is 5.10 Å². The number of aromatic nitrogens is 2. The van der Waals surface area contributed by atoms with Crippen LogP contribution in [0.1, 0.15) is 18.4 Å². The second-order valence-electron chi connectivity index (χ2n) is 4.83. The van der Waals surface area contributed by atoms with E-state index in [1.807, 2.05) is 17.9 Å². The van der Waals surface area contributed by atoms with Crippen molar-refractivity contribution in [3.05, 3.63) is 18.0 Å². The topological polar surface area (TPSA) is 33.1 Å². The van der Waals surface area contributed by atoms with Crippen molar-refractivity contribution in [3.8, 4) is 0 Å². The van der Waals surface area contributed by atoms with Crippen LogP contribution in [0.4, 0.5) is 0 Å². The molecule has 0 aliphatic carbocycles. The largest absolute Gasteiger partial charge is 0.313 e. The molecular weight excluding hydrogens is 200 g/mol. The van der Waals surface area contributed by atoms with Gasteiger partial charge in [0.2, 0.25) is 0 Å². The van der Waals surface area contributed by atoms with Crippen LogP contribution in [0.3, 0.4) is 0 Å². The maximum atomic E-state index is 4.18. The zero-order valence-corrected chi connectivity index (χ0v) is 10.3. The van der Waals surface area contributed by atoms with Crippen molar-refractivity contribution in [1.82, 2.24) is 20.0 Å². The second kappa shape index (κ2) is 5.46. The Balaban J connectivity index is 1.68. The summed E-state index contributed by atoms with van der Waals surface area (Å²) in [5.41, 5.74) is 1.33. The zero-order valence-electron chi connectivity index (χ0n) is 10.3. The van der Waals surface area contributed by atoms with Gasteiger partial charge in [0.25, 0.3) is 0 Å². The van der Waals surface area contributed by atoms with Crippen molar-refractivity contribution in [1.29, 1.82) is 0 Å². The fourth-order valence-electron chi connectivity index (χ4n) is 2.30. The SMILES string of the molecule is CN(CCc1cnn(C)c1)CC1CCCN1. The van der Waals surface area contributed by atoms with Gasteiger partial charge < -0.3 is 10.2 Å². The third-order valence-corrected chi connectivity index (χ3v) is 3.23. The van der Waals surface area contributed by atoms with E-state index in [0.717, 1.165) is 13.0 Å². The quantitative estimate of drug-likeness (QED) is 0.794. The minimum atomic E-state index is 0.707. The van der Waals surface area contributed by atoms with Crippen LogP contribution in [0.25, 0.3) is 0 Å². The number of likely N-dealkylation sites (N-methyl/N-ethyl adjacent to an activating group) is 1. The Hall–Kier alpha value is -0.870. The Bertz CT molecular complexity index is 315. The van der Waals surface area contributed by atoms with Gasteiger partial charge in [0.1, 0.15) is 0 Å². The number of nitrogens with one attached hydrogen (secondary N) is 1. The minimum Gasteiger partial charge on any atom is -0.313 e. The number of rotatable bonds is 5. The molecule has 0 bridgehead atoms. The summed E-state index contributed by atoms with van der Waals surface area (Å²) >= 11 is 0. The molecule has 0 spiro atoms. The van der Waals surface area contributed by atoms with Crippen LogP contribution in [0, 0.1) is 0 Å². The van der Waals surface area contributed by atoms with Crippen molar-refractivity contribution in [2.45, 2.75) is 25.3 Å². The molecule has 1 aromatic rings. The highest BCUT2D eigenvalue weighted by Gasteiger charge is 2.15. The summed E-state index contributed by atoms with van der Waals surface area (Å²) in [5.74, 6) is 0. The van der Waals surface area contributed by atoms with E-state index in [0.29, 0.717) is 6.04 Å². The molecular formula is C12H22N4. The smallest absolute Gasteiger partial charge is 0.0522 e. The van der Waals surface area contributed by atoms with E-state index >= 15 is 0 Å². The maximum absolute atomic E-state index is 4.18. The van der Waals surface area contributed by atoms with Gasteiger partial charge in [-0.3, -0.25) is 4.68 Å². The number of aryl methyl sites for hydroxylation is 1. The van der Waals surface area contributed by atoms with E-state index in [4.69, 9.17) is 0 Å². The summed E-state index contributed by atoms with van der Waals surface area (Å²) in [6, 6.07) is 0.707. The van der Waals surface area contributed by atoms with Crippen LogP contribution < -0.4 is 5.32 Å². The highest BCUT2D eigenvalue weighted by Crippen LogP contribution is 2.06. The van der Waals surface area contributed by atoms with Crippen molar-refractivity contribution >= 4 is 0 Å². The number of hydrogen-bond acceptors (Lipinski definition) is 3. The molecule has 0 amide bonds. The maximum Gasteiger partial charge on any atom is 0.0522 e.